The molecule has 0 atom stereocenters. The number of para-hydroxylation sites is 2. The average molecular weight is 460 g/mol. The number of aryl methyl sites for hydroxylation is 1. The molecule has 0 aliphatic heterocycles. The van der Waals surface area contributed by atoms with Crippen molar-refractivity contribution in [3.8, 4) is 17.1 Å². The second-order valence-corrected chi connectivity index (χ2v) is 7.52. The van der Waals surface area contributed by atoms with Crippen LogP contribution in [0.2, 0.25) is 0 Å². The van der Waals surface area contributed by atoms with Crippen LogP contribution >= 0.6 is 0 Å². The Hall–Kier alpha value is -3.73. The van der Waals surface area contributed by atoms with Gasteiger partial charge in [-0.1, -0.05) is 12.1 Å². The average Bonchev–Trinajstić information content (AvgIpc) is 3.40. The molecule has 0 aliphatic carbocycles. The largest absolute Gasteiger partial charge is 0.490 e. The number of carboxylic acid groups (broad SMARTS) is 1. The van der Waals surface area contributed by atoms with Gasteiger partial charge in [-0.05, 0) is 56.9 Å². The van der Waals surface area contributed by atoms with Gasteiger partial charge in [0.15, 0.2) is 0 Å². The van der Waals surface area contributed by atoms with Crippen LogP contribution in [-0.2, 0) is 11.3 Å². The first-order valence-corrected chi connectivity index (χ1v) is 9.94. The van der Waals surface area contributed by atoms with Gasteiger partial charge in [-0.3, -0.25) is 0 Å². The second-order valence-electron chi connectivity index (χ2n) is 7.52. The van der Waals surface area contributed by atoms with Crippen molar-refractivity contribution in [2.45, 2.75) is 19.6 Å². The summed E-state index contributed by atoms with van der Waals surface area (Å²) in [7, 11) is 4.19. The van der Waals surface area contributed by atoms with E-state index in [0.29, 0.717) is 0 Å². The molecule has 11 heteroatoms. The molecule has 0 radical (unpaired) electrons. The summed E-state index contributed by atoms with van der Waals surface area (Å²) in [5.74, 6) is -1.76. The minimum Gasteiger partial charge on any atom is -0.475 e. The number of imidazole rings is 1. The topological polar surface area (TPSA) is 89.1 Å². The molecule has 33 heavy (non-hydrogen) atoms. The number of halogens is 3. The Kier molecular flexibility index (Phi) is 7.12. The zero-order valence-corrected chi connectivity index (χ0v) is 18.3. The number of likely N-dealkylation sites (N-methyl/N-ethyl adjacent to an activating group) is 1. The lowest BCUT2D eigenvalue weighted by atomic mass is 10.1. The number of alkyl halides is 3. The van der Waals surface area contributed by atoms with E-state index >= 15 is 0 Å². The van der Waals surface area contributed by atoms with Gasteiger partial charge < -0.3 is 14.6 Å². The fourth-order valence-corrected chi connectivity index (χ4v) is 3.21. The molecule has 0 fully saturated rings. The maximum absolute atomic E-state index is 10.6. The molecule has 2 heterocycles. The van der Waals surface area contributed by atoms with Crippen molar-refractivity contribution in [2.24, 2.45) is 0 Å². The summed E-state index contributed by atoms with van der Waals surface area (Å²) in [5, 5.41) is 11.4. The monoisotopic (exact) mass is 460 g/mol. The Morgan fingerprint density at radius 3 is 2.42 bits per heavy atom. The third-order valence-corrected chi connectivity index (χ3v) is 4.79. The highest BCUT2D eigenvalue weighted by atomic mass is 19.4. The number of carbonyl (C=O) groups is 1. The van der Waals surface area contributed by atoms with Crippen LogP contribution in [0.5, 0.6) is 0 Å². The number of hydrogen-bond acceptors (Lipinski definition) is 5. The molecule has 4 aromatic rings. The molecular formula is C22H23F3N6O2. The fraction of sp³-hybridized carbons (Fsp3) is 0.273. The Labute approximate surface area is 187 Å². The second kappa shape index (κ2) is 9.82. The number of aliphatic carboxylic acids is 1. The quantitative estimate of drug-likeness (QED) is 0.488. The third kappa shape index (κ3) is 5.75. The van der Waals surface area contributed by atoms with E-state index < -0.39 is 12.1 Å². The van der Waals surface area contributed by atoms with Crippen molar-refractivity contribution >= 4 is 17.0 Å². The molecule has 0 saturated carbocycles. The van der Waals surface area contributed by atoms with Crippen LogP contribution in [0.1, 0.15) is 5.56 Å². The maximum Gasteiger partial charge on any atom is 0.490 e. The molecule has 0 bridgehead atoms. The molecule has 0 aliphatic rings. The molecule has 0 spiro atoms. The standard InChI is InChI=1S/C20H22N6.C2HF3O2/c1-15-12-16(8-9-18(15)26-14-21-13-22-26)20-23-17-6-4-5-7-19(17)25(20)11-10-24(2)3;3-2(4,5)1(6)7/h4-9,12-14H,10-11H2,1-3H3;(H,6,7). The first-order chi connectivity index (χ1) is 15.6. The van der Waals surface area contributed by atoms with Gasteiger partial charge in [-0.25, -0.2) is 19.4 Å². The third-order valence-electron chi connectivity index (χ3n) is 4.79. The first-order valence-electron chi connectivity index (χ1n) is 9.94. The van der Waals surface area contributed by atoms with E-state index in [1.807, 2.05) is 6.07 Å². The van der Waals surface area contributed by atoms with Crippen LogP contribution in [0.4, 0.5) is 13.2 Å². The fourth-order valence-electron chi connectivity index (χ4n) is 3.21. The van der Waals surface area contributed by atoms with E-state index in [4.69, 9.17) is 14.9 Å². The van der Waals surface area contributed by atoms with Gasteiger partial charge >= 0.3 is 12.1 Å². The highest BCUT2D eigenvalue weighted by Gasteiger charge is 2.38. The van der Waals surface area contributed by atoms with E-state index in [9.17, 15) is 13.2 Å². The summed E-state index contributed by atoms with van der Waals surface area (Å²) >= 11 is 0. The van der Waals surface area contributed by atoms with Crippen molar-refractivity contribution in [1.82, 2.24) is 29.2 Å². The Balaban J connectivity index is 0.000000383. The van der Waals surface area contributed by atoms with Crippen LogP contribution in [-0.4, -0.2) is 67.1 Å². The Morgan fingerprint density at radius 2 is 1.85 bits per heavy atom. The van der Waals surface area contributed by atoms with Crippen LogP contribution in [0.3, 0.4) is 0 Å². The minimum absolute atomic E-state index is 0.896. The summed E-state index contributed by atoms with van der Waals surface area (Å²) in [5.41, 5.74) is 5.48. The summed E-state index contributed by atoms with van der Waals surface area (Å²) in [4.78, 5) is 20.0. The van der Waals surface area contributed by atoms with Crippen LogP contribution < -0.4 is 0 Å². The summed E-state index contributed by atoms with van der Waals surface area (Å²) < 4.78 is 35.8. The number of nitrogens with zero attached hydrogens (tertiary/aromatic N) is 6. The van der Waals surface area contributed by atoms with Gasteiger partial charge in [-0.15, -0.1) is 0 Å². The summed E-state index contributed by atoms with van der Waals surface area (Å²) in [6, 6.07) is 14.7. The molecule has 0 saturated heterocycles. The molecule has 2 aromatic carbocycles. The summed E-state index contributed by atoms with van der Waals surface area (Å²) in [6.07, 6.45) is -1.82. The maximum atomic E-state index is 10.6. The lowest BCUT2D eigenvalue weighted by Gasteiger charge is -2.14. The zero-order chi connectivity index (χ0) is 24.2. The number of hydrogen-bond donors (Lipinski definition) is 1. The van der Waals surface area contributed by atoms with Crippen molar-refractivity contribution in [3.05, 3.63) is 60.7 Å². The number of rotatable bonds is 5. The van der Waals surface area contributed by atoms with Gasteiger partial charge in [0, 0.05) is 18.7 Å². The Bertz CT molecular complexity index is 1230. The Morgan fingerprint density at radius 1 is 1.15 bits per heavy atom. The van der Waals surface area contributed by atoms with E-state index in [1.54, 1.807) is 17.3 Å². The molecule has 174 valence electrons. The van der Waals surface area contributed by atoms with Crippen LogP contribution in [0, 0.1) is 6.92 Å². The zero-order valence-electron chi connectivity index (χ0n) is 18.3. The van der Waals surface area contributed by atoms with Crippen molar-refractivity contribution < 1.29 is 23.1 Å². The smallest absolute Gasteiger partial charge is 0.475 e. The summed E-state index contributed by atoms with van der Waals surface area (Å²) in [6.45, 7) is 3.95. The molecular weight excluding hydrogens is 437 g/mol. The highest BCUT2D eigenvalue weighted by molar-refractivity contribution is 5.81. The normalized spacial score (nSPS) is 11.5. The molecule has 0 unspecified atom stereocenters. The van der Waals surface area contributed by atoms with Crippen LogP contribution in [0.15, 0.2) is 55.1 Å². The number of aromatic nitrogens is 5. The minimum atomic E-state index is -5.08. The SMILES string of the molecule is Cc1cc(-c2nc3ccccc3n2CCN(C)C)ccc1-n1cncn1.O=C(O)C(F)(F)F. The first kappa shape index (κ1) is 23.9. The molecule has 8 nitrogen and oxygen atoms in total. The predicted octanol–water partition coefficient (Wildman–Crippen LogP) is 3.79. The number of benzene rings is 2. The lowest BCUT2D eigenvalue weighted by molar-refractivity contribution is -0.192. The number of carboxylic acids is 1. The van der Waals surface area contributed by atoms with Crippen molar-refractivity contribution in [3.63, 3.8) is 0 Å². The lowest BCUT2D eigenvalue weighted by Crippen LogP contribution is -2.21. The van der Waals surface area contributed by atoms with E-state index in [1.165, 1.54) is 5.52 Å². The molecule has 2 aromatic heterocycles. The highest BCUT2D eigenvalue weighted by Crippen LogP contribution is 2.27. The van der Waals surface area contributed by atoms with Gasteiger partial charge in [0.25, 0.3) is 0 Å². The van der Waals surface area contributed by atoms with Gasteiger partial charge in [0.05, 0.1) is 16.7 Å². The number of fused-ring (bicyclic) bond motifs is 1. The molecule has 1 N–H and O–H groups in total. The van der Waals surface area contributed by atoms with E-state index in [-0.39, 0.29) is 0 Å². The van der Waals surface area contributed by atoms with Gasteiger partial charge in [0.2, 0.25) is 0 Å². The van der Waals surface area contributed by atoms with Crippen molar-refractivity contribution in [2.75, 3.05) is 20.6 Å². The van der Waals surface area contributed by atoms with E-state index in [2.05, 4.69) is 77.0 Å². The van der Waals surface area contributed by atoms with E-state index in [0.717, 1.165) is 41.2 Å². The molecule has 4 rings (SSSR count). The van der Waals surface area contributed by atoms with Crippen molar-refractivity contribution in [1.29, 1.82) is 0 Å². The van der Waals surface area contributed by atoms with Crippen LogP contribution in [0.25, 0.3) is 28.1 Å². The van der Waals surface area contributed by atoms with Gasteiger partial charge in [0.1, 0.15) is 18.5 Å². The molecule has 0 amide bonds. The predicted molar refractivity (Wildman–Crippen MR) is 117 cm³/mol. The van der Waals surface area contributed by atoms with Gasteiger partial charge in [-0.2, -0.15) is 18.3 Å².